The average molecular weight is 279 g/mol. The van der Waals surface area contributed by atoms with Crippen molar-refractivity contribution < 1.29 is 19.4 Å². The fourth-order valence-electron chi connectivity index (χ4n) is 1.75. The van der Waals surface area contributed by atoms with Gasteiger partial charge in [0, 0.05) is 6.54 Å². The third kappa shape index (κ3) is 5.73. The Morgan fingerprint density at radius 3 is 2.35 bits per heavy atom. The van der Waals surface area contributed by atoms with Gasteiger partial charge in [0.25, 0.3) is 0 Å². The Hall–Kier alpha value is -2.04. The maximum absolute atomic E-state index is 11.5. The highest BCUT2D eigenvalue weighted by atomic mass is 16.6. The van der Waals surface area contributed by atoms with Crippen molar-refractivity contribution in [3.63, 3.8) is 0 Å². The Bertz CT molecular complexity index is 451. The summed E-state index contributed by atoms with van der Waals surface area (Å²) in [6.07, 6.45) is -0.215. The summed E-state index contributed by atoms with van der Waals surface area (Å²) in [5.74, 6) is -1.53. The number of rotatable bonds is 5. The maximum Gasteiger partial charge on any atom is 0.407 e. The largest absolute Gasteiger partial charge is 0.481 e. The predicted octanol–water partition coefficient (Wildman–Crippen LogP) is 2.77. The number of carbonyl (C=O) groups excluding carboxylic acids is 1. The van der Waals surface area contributed by atoms with E-state index in [0.29, 0.717) is 6.42 Å². The number of alkyl carbamates (subject to hydrolysis) is 1. The molecule has 0 radical (unpaired) electrons. The average Bonchev–Trinajstić information content (AvgIpc) is 2.33. The van der Waals surface area contributed by atoms with Crippen molar-refractivity contribution in [2.75, 3.05) is 6.54 Å². The lowest BCUT2D eigenvalue weighted by molar-refractivity contribution is -0.139. The lowest BCUT2D eigenvalue weighted by Gasteiger charge is -2.20. The quantitative estimate of drug-likeness (QED) is 0.869. The normalized spacial score (nSPS) is 12.6. The Balaban J connectivity index is 2.49. The zero-order valence-electron chi connectivity index (χ0n) is 12.1. The standard InChI is InChI=1S/C15H21NO4/c1-15(2,3)20-14(19)16-10-9-12(13(17)18)11-7-5-4-6-8-11/h4-8,12H,9-10H2,1-3H3,(H,16,19)(H,17,18)/t12-/m0/s1. The Labute approximate surface area is 118 Å². The van der Waals surface area contributed by atoms with E-state index in [1.165, 1.54) is 0 Å². The SMILES string of the molecule is CC(C)(C)OC(=O)NCC[C@H](C(=O)O)c1ccccc1. The van der Waals surface area contributed by atoms with Gasteiger partial charge in [-0.3, -0.25) is 4.79 Å². The van der Waals surface area contributed by atoms with Crippen LogP contribution in [-0.4, -0.2) is 29.3 Å². The molecule has 0 spiro atoms. The molecule has 110 valence electrons. The summed E-state index contributed by atoms with van der Waals surface area (Å²) in [5, 5.41) is 11.8. The molecule has 0 aliphatic carbocycles. The van der Waals surface area contributed by atoms with E-state index in [0.717, 1.165) is 5.56 Å². The molecule has 0 aliphatic heterocycles. The van der Waals surface area contributed by atoms with Gasteiger partial charge in [-0.2, -0.15) is 0 Å². The number of hydrogen-bond acceptors (Lipinski definition) is 3. The number of carboxylic acids is 1. The molecule has 0 saturated heterocycles. The molecular formula is C15H21NO4. The fraction of sp³-hybridized carbons (Fsp3) is 0.467. The smallest absolute Gasteiger partial charge is 0.407 e. The van der Waals surface area contributed by atoms with Gasteiger partial charge in [-0.05, 0) is 32.8 Å². The van der Waals surface area contributed by atoms with Crippen molar-refractivity contribution in [1.82, 2.24) is 5.32 Å². The van der Waals surface area contributed by atoms with Crippen LogP contribution in [0.5, 0.6) is 0 Å². The zero-order chi connectivity index (χ0) is 15.2. The number of nitrogens with one attached hydrogen (secondary N) is 1. The number of benzene rings is 1. The molecular weight excluding hydrogens is 258 g/mol. The van der Waals surface area contributed by atoms with E-state index in [9.17, 15) is 14.7 Å². The zero-order valence-corrected chi connectivity index (χ0v) is 12.1. The minimum absolute atomic E-state index is 0.251. The van der Waals surface area contributed by atoms with E-state index < -0.39 is 23.6 Å². The van der Waals surface area contributed by atoms with Crippen LogP contribution < -0.4 is 5.32 Å². The molecule has 1 aromatic carbocycles. The second kappa shape index (κ2) is 6.93. The summed E-state index contributed by atoms with van der Waals surface area (Å²) >= 11 is 0. The number of ether oxygens (including phenoxy) is 1. The number of carbonyl (C=O) groups is 2. The highest BCUT2D eigenvalue weighted by Crippen LogP contribution is 2.19. The van der Waals surface area contributed by atoms with E-state index in [1.807, 2.05) is 6.07 Å². The van der Waals surface area contributed by atoms with Crippen LogP contribution in [-0.2, 0) is 9.53 Å². The third-order valence-electron chi connectivity index (χ3n) is 2.60. The Kier molecular flexibility index (Phi) is 5.55. The maximum atomic E-state index is 11.5. The molecule has 0 saturated carbocycles. The lowest BCUT2D eigenvalue weighted by Crippen LogP contribution is -2.33. The van der Waals surface area contributed by atoms with E-state index in [1.54, 1.807) is 45.0 Å². The van der Waals surface area contributed by atoms with Gasteiger partial charge in [-0.15, -0.1) is 0 Å². The number of hydrogen-bond donors (Lipinski definition) is 2. The topological polar surface area (TPSA) is 75.6 Å². The van der Waals surface area contributed by atoms with Gasteiger partial charge in [-0.25, -0.2) is 4.79 Å². The van der Waals surface area contributed by atoms with Crippen molar-refractivity contribution in [2.45, 2.75) is 38.7 Å². The summed E-state index contributed by atoms with van der Waals surface area (Å²) in [4.78, 5) is 22.7. The molecule has 1 atom stereocenters. The minimum atomic E-state index is -0.901. The van der Waals surface area contributed by atoms with Crippen LogP contribution in [0, 0.1) is 0 Å². The van der Waals surface area contributed by atoms with Crippen LogP contribution >= 0.6 is 0 Å². The first kappa shape index (κ1) is 16.0. The molecule has 0 bridgehead atoms. The Morgan fingerprint density at radius 1 is 1.25 bits per heavy atom. The molecule has 5 nitrogen and oxygen atoms in total. The van der Waals surface area contributed by atoms with E-state index in [-0.39, 0.29) is 6.54 Å². The summed E-state index contributed by atoms with van der Waals surface area (Å²) in [7, 11) is 0. The van der Waals surface area contributed by atoms with Crippen molar-refractivity contribution in [1.29, 1.82) is 0 Å². The summed E-state index contributed by atoms with van der Waals surface area (Å²) in [6, 6.07) is 8.97. The van der Waals surface area contributed by atoms with Crippen molar-refractivity contribution in [3.8, 4) is 0 Å². The van der Waals surface area contributed by atoms with E-state index in [4.69, 9.17) is 4.74 Å². The number of aliphatic carboxylic acids is 1. The van der Waals surface area contributed by atoms with E-state index >= 15 is 0 Å². The van der Waals surface area contributed by atoms with Gasteiger partial charge in [0.15, 0.2) is 0 Å². The molecule has 1 amide bonds. The molecule has 0 aliphatic rings. The highest BCUT2D eigenvalue weighted by molar-refractivity contribution is 5.76. The van der Waals surface area contributed by atoms with Gasteiger partial charge in [0.05, 0.1) is 5.92 Å². The molecule has 20 heavy (non-hydrogen) atoms. The number of amides is 1. The highest BCUT2D eigenvalue weighted by Gasteiger charge is 2.20. The summed E-state index contributed by atoms with van der Waals surface area (Å²) in [5.41, 5.74) is 0.168. The predicted molar refractivity (Wildman–Crippen MR) is 75.7 cm³/mol. The van der Waals surface area contributed by atoms with Gasteiger partial charge < -0.3 is 15.2 Å². The number of carboxylic acid groups (broad SMARTS) is 1. The van der Waals surface area contributed by atoms with Crippen LogP contribution in [0.2, 0.25) is 0 Å². The van der Waals surface area contributed by atoms with Gasteiger partial charge in [0.2, 0.25) is 0 Å². The molecule has 0 unspecified atom stereocenters. The minimum Gasteiger partial charge on any atom is -0.481 e. The van der Waals surface area contributed by atoms with Crippen LogP contribution in [0.4, 0.5) is 4.79 Å². The van der Waals surface area contributed by atoms with Crippen LogP contribution in [0.3, 0.4) is 0 Å². The van der Waals surface area contributed by atoms with Crippen LogP contribution in [0.15, 0.2) is 30.3 Å². The Morgan fingerprint density at radius 2 is 1.85 bits per heavy atom. The second-order valence-electron chi connectivity index (χ2n) is 5.52. The molecule has 2 N–H and O–H groups in total. The molecule has 5 heteroatoms. The molecule has 1 rings (SSSR count). The van der Waals surface area contributed by atoms with Crippen LogP contribution in [0.1, 0.15) is 38.7 Å². The van der Waals surface area contributed by atoms with Gasteiger partial charge in [0.1, 0.15) is 5.60 Å². The van der Waals surface area contributed by atoms with Gasteiger partial charge in [-0.1, -0.05) is 30.3 Å². The second-order valence-corrected chi connectivity index (χ2v) is 5.52. The third-order valence-corrected chi connectivity index (χ3v) is 2.60. The van der Waals surface area contributed by atoms with Crippen LogP contribution in [0.25, 0.3) is 0 Å². The van der Waals surface area contributed by atoms with Gasteiger partial charge >= 0.3 is 12.1 Å². The molecule has 0 aromatic heterocycles. The molecule has 1 aromatic rings. The van der Waals surface area contributed by atoms with Crippen molar-refractivity contribution in [3.05, 3.63) is 35.9 Å². The first-order valence-corrected chi connectivity index (χ1v) is 6.54. The first-order chi connectivity index (χ1) is 9.29. The van der Waals surface area contributed by atoms with Crippen molar-refractivity contribution in [2.24, 2.45) is 0 Å². The van der Waals surface area contributed by atoms with E-state index in [2.05, 4.69) is 5.32 Å². The van der Waals surface area contributed by atoms with Crippen molar-refractivity contribution >= 4 is 12.1 Å². The monoisotopic (exact) mass is 279 g/mol. The summed E-state index contributed by atoms with van der Waals surface area (Å²) in [6.45, 7) is 5.57. The summed E-state index contributed by atoms with van der Waals surface area (Å²) < 4.78 is 5.09. The first-order valence-electron chi connectivity index (χ1n) is 6.54. The molecule has 0 heterocycles. The fourth-order valence-corrected chi connectivity index (χ4v) is 1.75. The lowest BCUT2D eigenvalue weighted by atomic mass is 9.96. The molecule has 0 fully saturated rings.